The first kappa shape index (κ1) is 12.8. The first-order valence-corrected chi connectivity index (χ1v) is 6.38. The van der Waals surface area contributed by atoms with Crippen molar-refractivity contribution in [3.8, 4) is 0 Å². The zero-order valence-electron chi connectivity index (χ0n) is 10.5. The van der Waals surface area contributed by atoms with Crippen LogP contribution in [0.3, 0.4) is 0 Å². The van der Waals surface area contributed by atoms with Crippen LogP contribution in [0.4, 0.5) is 5.13 Å². The van der Waals surface area contributed by atoms with Gasteiger partial charge in [0.2, 0.25) is 5.91 Å². The van der Waals surface area contributed by atoms with E-state index in [1.54, 1.807) is 0 Å². The van der Waals surface area contributed by atoms with E-state index in [-0.39, 0.29) is 5.91 Å². The Kier molecular flexibility index (Phi) is 3.25. The molecule has 0 spiro atoms. The molecule has 0 atom stereocenters. The van der Waals surface area contributed by atoms with Gasteiger partial charge in [-0.3, -0.25) is 4.79 Å². The number of carbonyl (C=O) groups is 2. The van der Waals surface area contributed by atoms with E-state index in [9.17, 15) is 9.59 Å². The molecule has 0 bridgehead atoms. The Morgan fingerprint density at radius 2 is 2.33 bits per heavy atom. The van der Waals surface area contributed by atoms with Gasteiger partial charge in [-0.1, -0.05) is 11.3 Å². The lowest BCUT2D eigenvalue weighted by Crippen LogP contribution is -2.62. The van der Waals surface area contributed by atoms with Crippen molar-refractivity contribution in [1.82, 2.24) is 10.3 Å². The van der Waals surface area contributed by atoms with Gasteiger partial charge in [-0.05, 0) is 13.8 Å². The van der Waals surface area contributed by atoms with E-state index in [0.717, 1.165) is 0 Å². The van der Waals surface area contributed by atoms with E-state index >= 15 is 0 Å². The third kappa shape index (κ3) is 2.05. The van der Waals surface area contributed by atoms with Crippen LogP contribution in [0, 0.1) is 0 Å². The number of carbonyl (C=O) groups excluding carboxylic acids is 2. The van der Waals surface area contributed by atoms with Crippen molar-refractivity contribution < 1.29 is 14.3 Å². The van der Waals surface area contributed by atoms with Gasteiger partial charge in [0.15, 0.2) is 5.13 Å². The summed E-state index contributed by atoms with van der Waals surface area (Å²) < 4.78 is 4.64. The summed E-state index contributed by atoms with van der Waals surface area (Å²) in [5.74, 6) is -0.443. The summed E-state index contributed by atoms with van der Waals surface area (Å²) in [7, 11) is 1.33. The Labute approximate surface area is 109 Å². The fourth-order valence-electron chi connectivity index (χ4n) is 1.82. The van der Waals surface area contributed by atoms with Crippen LogP contribution in [0.15, 0.2) is 6.20 Å². The second kappa shape index (κ2) is 4.56. The van der Waals surface area contributed by atoms with E-state index in [0.29, 0.717) is 23.1 Å². The van der Waals surface area contributed by atoms with Crippen LogP contribution in [-0.2, 0) is 9.53 Å². The number of rotatable bonds is 2. The number of ether oxygens (including phenoxy) is 1. The molecular weight excluding hydrogens is 254 g/mol. The third-order valence-corrected chi connectivity index (χ3v) is 3.96. The second-order valence-electron chi connectivity index (χ2n) is 4.47. The van der Waals surface area contributed by atoms with Gasteiger partial charge < -0.3 is 15.0 Å². The highest BCUT2D eigenvalue weighted by molar-refractivity contribution is 7.17. The van der Waals surface area contributed by atoms with Gasteiger partial charge >= 0.3 is 5.97 Å². The molecule has 1 saturated heterocycles. The molecule has 1 aromatic rings. The molecule has 1 aromatic heterocycles. The van der Waals surface area contributed by atoms with Crippen molar-refractivity contribution in [1.29, 1.82) is 0 Å². The molecule has 1 aliphatic rings. The van der Waals surface area contributed by atoms with Crippen LogP contribution in [-0.4, -0.2) is 42.6 Å². The van der Waals surface area contributed by atoms with Crippen LogP contribution in [0.5, 0.6) is 0 Å². The normalized spacial score (nSPS) is 18.4. The van der Waals surface area contributed by atoms with Crippen LogP contribution in [0.2, 0.25) is 0 Å². The number of thiazole rings is 1. The lowest BCUT2D eigenvalue weighted by Gasteiger charge is -2.40. The van der Waals surface area contributed by atoms with Crippen molar-refractivity contribution in [2.75, 3.05) is 25.1 Å². The minimum absolute atomic E-state index is 0.0384. The molecule has 0 aromatic carbocycles. The van der Waals surface area contributed by atoms with Gasteiger partial charge in [0.25, 0.3) is 0 Å². The first-order chi connectivity index (χ1) is 8.46. The maximum Gasteiger partial charge on any atom is 0.349 e. The average molecular weight is 269 g/mol. The molecule has 0 radical (unpaired) electrons. The zero-order valence-corrected chi connectivity index (χ0v) is 11.3. The summed E-state index contributed by atoms with van der Waals surface area (Å²) in [5, 5.41) is 3.48. The molecule has 0 saturated carbocycles. The molecule has 1 amide bonds. The predicted octanol–water partition coefficient (Wildman–Crippen LogP) is 0.644. The van der Waals surface area contributed by atoms with Crippen molar-refractivity contribution >= 4 is 28.3 Å². The standard InChI is InChI=1S/C11H15N3O3S/c1-11(2)9(16)12-4-5-14(11)10-13-6-7(18-10)8(15)17-3/h6H,4-5H2,1-3H3,(H,12,16). The minimum atomic E-state index is -0.663. The van der Waals surface area contributed by atoms with Gasteiger partial charge in [0.05, 0.1) is 13.3 Å². The highest BCUT2D eigenvalue weighted by Gasteiger charge is 2.39. The van der Waals surface area contributed by atoms with Crippen LogP contribution < -0.4 is 10.2 Å². The highest BCUT2D eigenvalue weighted by Crippen LogP contribution is 2.30. The topological polar surface area (TPSA) is 71.5 Å². The summed E-state index contributed by atoms with van der Waals surface area (Å²) in [4.78, 5) is 29.8. The summed E-state index contributed by atoms with van der Waals surface area (Å²) >= 11 is 1.24. The lowest BCUT2D eigenvalue weighted by atomic mass is 10.00. The van der Waals surface area contributed by atoms with Crippen molar-refractivity contribution in [2.24, 2.45) is 0 Å². The third-order valence-electron chi connectivity index (χ3n) is 2.96. The summed E-state index contributed by atoms with van der Waals surface area (Å²) in [6.07, 6.45) is 1.48. The summed E-state index contributed by atoms with van der Waals surface area (Å²) in [5.41, 5.74) is -0.663. The van der Waals surface area contributed by atoms with E-state index in [1.807, 2.05) is 18.7 Å². The number of nitrogens with zero attached hydrogens (tertiary/aromatic N) is 2. The quantitative estimate of drug-likeness (QED) is 0.798. The summed E-state index contributed by atoms with van der Waals surface area (Å²) in [6, 6.07) is 0. The Morgan fingerprint density at radius 1 is 1.61 bits per heavy atom. The van der Waals surface area contributed by atoms with Gasteiger partial charge in [0, 0.05) is 13.1 Å². The smallest absolute Gasteiger partial charge is 0.349 e. The SMILES string of the molecule is COC(=O)c1cnc(N2CCNC(=O)C2(C)C)s1. The summed E-state index contributed by atoms with van der Waals surface area (Å²) in [6.45, 7) is 4.92. The number of anilines is 1. The number of hydrogen-bond donors (Lipinski definition) is 1. The number of amides is 1. The van der Waals surface area contributed by atoms with E-state index < -0.39 is 11.5 Å². The van der Waals surface area contributed by atoms with E-state index in [2.05, 4.69) is 15.0 Å². The molecule has 0 aliphatic carbocycles. The molecule has 18 heavy (non-hydrogen) atoms. The van der Waals surface area contributed by atoms with Gasteiger partial charge in [-0.15, -0.1) is 0 Å². The average Bonchev–Trinajstić information content (AvgIpc) is 2.80. The molecular formula is C11H15N3O3S. The van der Waals surface area contributed by atoms with Crippen molar-refractivity contribution in [2.45, 2.75) is 19.4 Å². The Balaban J connectivity index is 2.28. The van der Waals surface area contributed by atoms with Gasteiger partial charge in [0.1, 0.15) is 10.4 Å². The highest BCUT2D eigenvalue weighted by atomic mass is 32.1. The predicted molar refractivity (Wildman–Crippen MR) is 67.9 cm³/mol. The zero-order chi connectivity index (χ0) is 13.3. The van der Waals surface area contributed by atoms with E-state index in [1.165, 1.54) is 24.6 Å². The number of piperazine rings is 1. The number of aromatic nitrogens is 1. The number of nitrogens with one attached hydrogen (secondary N) is 1. The fourth-order valence-corrected chi connectivity index (χ4v) is 2.82. The molecule has 0 unspecified atom stereocenters. The molecule has 98 valence electrons. The Bertz CT molecular complexity index is 484. The van der Waals surface area contributed by atoms with Gasteiger partial charge in [-0.2, -0.15) is 0 Å². The fraction of sp³-hybridized carbons (Fsp3) is 0.545. The largest absolute Gasteiger partial charge is 0.465 e. The van der Waals surface area contributed by atoms with Crippen LogP contribution in [0.1, 0.15) is 23.5 Å². The van der Waals surface area contributed by atoms with E-state index in [4.69, 9.17) is 0 Å². The molecule has 7 heteroatoms. The second-order valence-corrected chi connectivity index (χ2v) is 5.47. The number of methoxy groups -OCH3 is 1. The minimum Gasteiger partial charge on any atom is -0.465 e. The van der Waals surface area contributed by atoms with Gasteiger partial charge in [-0.25, -0.2) is 9.78 Å². The molecule has 1 fully saturated rings. The maximum atomic E-state index is 11.8. The Morgan fingerprint density at radius 3 is 3.00 bits per heavy atom. The van der Waals surface area contributed by atoms with Crippen molar-refractivity contribution in [3.63, 3.8) is 0 Å². The molecule has 1 N–H and O–H groups in total. The molecule has 6 nitrogen and oxygen atoms in total. The molecule has 2 heterocycles. The number of hydrogen-bond acceptors (Lipinski definition) is 6. The van der Waals surface area contributed by atoms with Crippen LogP contribution >= 0.6 is 11.3 Å². The van der Waals surface area contributed by atoms with Crippen molar-refractivity contribution in [3.05, 3.63) is 11.1 Å². The molecule has 2 rings (SSSR count). The Hall–Kier alpha value is -1.63. The lowest BCUT2D eigenvalue weighted by molar-refractivity contribution is -0.126. The maximum absolute atomic E-state index is 11.8. The molecule has 1 aliphatic heterocycles. The van der Waals surface area contributed by atoms with Crippen LogP contribution in [0.25, 0.3) is 0 Å². The first-order valence-electron chi connectivity index (χ1n) is 5.57. The monoisotopic (exact) mass is 269 g/mol. The number of esters is 1.